The molecule has 132 valence electrons. The Kier molecular flexibility index (Phi) is 6.22. The highest BCUT2D eigenvalue weighted by atomic mass is 19.1. The van der Waals surface area contributed by atoms with E-state index in [0.717, 1.165) is 17.7 Å². The van der Waals surface area contributed by atoms with Crippen LogP contribution in [0, 0.1) is 18.6 Å². The Morgan fingerprint density at radius 2 is 1.72 bits per heavy atom. The highest BCUT2D eigenvalue weighted by Gasteiger charge is 2.20. The third kappa shape index (κ3) is 5.11. The molecule has 0 saturated heterocycles. The van der Waals surface area contributed by atoms with Gasteiger partial charge in [0.15, 0.2) is 0 Å². The Bertz CT molecular complexity index is 758. The molecule has 2 aromatic carbocycles. The van der Waals surface area contributed by atoms with Gasteiger partial charge in [-0.3, -0.25) is 9.59 Å². The van der Waals surface area contributed by atoms with Crippen LogP contribution in [-0.4, -0.2) is 29.8 Å². The maximum Gasteiger partial charge on any atom is 0.254 e. The zero-order valence-corrected chi connectivity index (χ0v) is 14.2. The van der Waals surface area contributed by atoms with Crippen LogP contribution >= 0.6 is 0 Å². The van der Waals surface area contributed by atoms with Crippen LogP contribution in [0.2, 0.25) is 0 Å². The van der Waals surface area contributed by atoms with Crippen molar-refractivity contribution in [2.24, 2.45) is 0 Å². The summed E-state index contributed by atoms with van der Waals surface area (Å²) in [4.78, 5) is 26.1. The van der Waals surface area contributed by atoms with E-state index in [0.29, 0.717) is 24.7 Å². The first-order valence-electron chi connectivity index (χ1n) is 8.01. The van der Waals surface area contributed by atoms with E-state index in [-0.39, 0.29) is 18.0 Å². The van der Waals surface area contributed by atoms with Crippen molar-refractivity contribution in [3.63, 3.8) is 0 Å². The van der Waals surface area contributed by atoms with E-state index >= 15 is 0 Å². The first-order valence-corrected chi connectivity index (χ1v) is 8.01. The molecular formula is C19H20F2N2O2. The van der Waals surface area contributed by atoms with Crippen molar-refractivity contribution in [3.8, 4) is 0 Å². The van der Waals surface area contributed by atoms with E-state index in [9.17, 15) is 18.4 Å². The van der Waals surface area contributed by atoms with Gasteiger partial charge >= 0.3 is 0 Å². The van der Waals surface area contributed by atoms with E-state index in [1.165, 1.54) is 4.90 Å². The van der Waals surface area contributed by atoms with Gasteiger partial charge < -0.3 is 10.2 Å². The zero-order chi connectivity index (χ0) is 18.4. The molecule has 0 saturated carbocycles. The number of hydrogen-bond acceptors (Lipinski definition) is 2. The minimum atomic E-state index is -0.829. The average Bonchev–Trinajstić information content (AvgIpc) is 2.55. The highest BCUT2D eigenvalue weighted by molar-refractivity contribution is 5.99. The number of halogens is 2. The number of hydrogen-bond donors (Lipinski definition) is 1. The Hall–Kier alpha value is -2.76. The van der Waals surface area contributed by atoms with Gasteiger partial charge in [0.05, 0.1) is 0 Å². The minimum absolute atomic E-state index is 0.116. The first-order chi connectivity index (χ1) is 11.9. The maximum atomic E-state index is 13.3. The summed E-state index contributed by atoms with van der Waals surface area (Å²) in [6.45, 7) is 3.82. The number of anilines is 1. The summed E-state index contributed by atoms with van der Waals surface area (Å²) in [5.41, 5.74) is 1.44. The van der Waals surface area contributed by atoms with E-state index < -0.39 is 17.5 Å². The topological polar surface area (TPSA) is 49.4 Å². The molecule has 0 aliphatic rings. The van der Waals surface area contributed by atoms with Gasteiger partial charge in [-0.2, -0.15) is 0 Å². The van der Waals surface area contributed by atoms with Gasteiger partial charge in [0.2, 0.25) is 5.91 Å². The molecule has 0 bridgehead atoms. The average molecular weight is 346 g/mol. The molecule has 0 aromatic heterocycles. The fourth-order valence-electron chi connectivity index (χ4n) is 2.46. The molecule has 25 heavy (non-hydrogen) atoms. The second-order valence-electron chi connectivity index (χ2n) is 5.75. The molecule has 0 heterocycles. The number of para-hydroxylation sites is 1. The van der Waals surface area contributed by atoms with E-state index in [4.69, 9.17) is 0 Å². The standard InChI is InChI=1S/C19H20F2N2O2/c1-3-8-23(19(25)14-9-15(20)11-16(21)10-14)12-18(24)22-17-7-5-4-6-13(17)2/h4-7,9-11H,3,8,12H2,1-2H3,(H,22,24). The normalized spacial score (nSPS) is 10.4. The summed E-state index contributed by atoms with van der Waals surface area (Å²) >= 11 is 0. The van der Waals surface area contributed by atoms with Crippen molar-refractivity contribution >= 4 is 17.5 Å². The number of nitrogens with zero attached hydrogens (tertiary/aromatic N) is 1. The van der Waals surface area contributed by atoms with Crippen LogP contribution in [0.15, 0.2) is 42.5 Å². The SMILES string of the molecule is CCCN(CC(=O)Nc1ccccc1C)C(=O)c1cc(F)cc(F)c1. The Labute approximate surface area is 145 Å². The lowest BCUT2D eigenvalue weighted by Crippen LogP contribution is -2.38. The molecular weight excluding hydrogens is 326 g/mol. The van der Waals surface area contributed by atoms with E-state index in [1.807, 2.05) is 26.0 Å². The van der Waals surface area contributed by atoms with Crippen LogP contribution in [0.25, 0.3) is 0 Å². The minimum Gasteiger partial charge on any atom is -0.329 e. The number of rotatable bonds is 6. The summed E-state index contributed by atoms with van der Waals surface area (Å²) in [6, 6.07) is 9.91. The Balaban J connectivity index is 2.13. The van der Waals surface area contributed by atoms with Crippen molar-refractivity contribution in [2.45, 2.75) is 20.3 Å². The lowest BCUT2D eigenvalue weighted by molar-refractivity contribution is -0.116. The smallest absolute Gasteiger partial charge is 0.254 e. The predicted molar refractivity (Wildman–Crippen MR) is 92.4 cm³/mol. The molecule has 0 fully saturated rings. The molecule has 0 spiro atoms. The van der Waals surface area contributed by atoms with Crippen LogP contribution in [0.4, 0.5) is 14.5 Å². The molecule has 4 nitrogen and oxygen atoms in total. The van der Waals surface area contributed by atoms with Crippen molar-refractivity contribution in [1.82, 2.24) is 4.90 Å². The lowest BCUT2D eigenvalue weighted by atomic mass is 10.1. The summed E-state index contributed by atoms with van der Waals surface area (Å²) < 4.78 is 26.7. The van der Waals surface area contributed by atoms with Gasteiger partial charge in [-0.05, 0) is 37.1 Å². The second-order valence-corrected chi connectivity index (χ2v) is 5.75. The molecule has 0 atom stereocenters. The summed E-state index contributed by atoms with van der Waals surface area (Å²) in [5.74, 6) is -2.61. The molecule has 0 aliphatic heterocycles. The Morgan fingerprint density at radius 1 is 1.08 bits per heavy atom. The van der Waals surface area contributed by atoms with Gasteiger partial charge in [-0.25, -0.2) is 8.78 Å². The quantitative estimate of drug-likeness (QED) is 0.866. The van der Waals surface area contributed by atoms with Crippen molar-refractivity contribution in [1.29, 1.82) is 0 Å². The summed E-state index contributed by atoms with van der Waals surface area (Å²) in [6.07, 6.45) is 0.612. The summed E-state index contributed by atoms with van der Waals surface area (Å²) in [7, 11) is 0. The second kappa shape index (κ2) is 8.37. The predicted octanol–water partition coefficient (Wildman–Crippen LogP) is 3.76. The van der Waals surface area contributed by atoms with Gasteiger partial charge in [0.25, 0.3) is 5.91 Å². The third-order valence-corrected chi connectivity index (χ3v) is 3.64. The lowest BCUT2D eigenvalue weighted by Gasteiger charge is -2.22. The molecule has 0 unspecified atom stereocenters. The molecule has 2 rings (SSSR count). The number of carbonyl (C=O) groups is 2. The Morgan fingerprint density at radius 3 is 2.32 bits per heavy atom. The zero-order valence-electron chi connectivity index (χ0n) is 14.2. The maximum absolute atomic E-state index is 13.3. The monoisotopic (exact) mass is 346 g/mol. The van der Waals surface area contributed by atoms with Crippen LogP contribution in [0.1, 0.15) is 29.3 Å². The molecule has 0 radical (unpaired) electrons. The largest absolute Gasteiger partial charge is 0.329 e. The van der Waals surface area contributed by atoms with Crippen molar-refractivity contribution < 1.29 is 18.4 Å². The van der Waals surface area contributed by atoms with E-state index in [2.05, 4.69) is 5.32 Å². The van der Waals surface area contributed by atoms with Crippen LogP contribution in [-0.2, 0) is 4.79 Å². The third-order valence-electron chi connectivity index (χ3n) is 3.64. The highest BCUT2D eigenvalue weighted by Crippen LogP contribution is 2.14. The molecule has 2 amide bonds. The first kappa shape index (κ1) is 18.6. The van der Waals surface area contributed by atoms with E-state index in [1.54, 1.807) is 12.1 Å². The number of amides is 2. The van der Waals surface area contributed by atoms with Gasteiger partial charge in [-0.1, -0.05) is 25.1 Å². The fourth-order valence-corrected chi connectivity index (χ4v) is 2.46. The fraction of sp³-hybridized carbons (Fsp3) is 0.263. The van der Waals surface area contributed by atoms with Gasteiger partial charge in [-0.15, -0.1) is 0 Å². The van der Waals surface area contributed by atoms with Crippen LogP contribution in [0.3, 0.4) is 0 Å². The number of aryl methyl sites for hydroxylation is 1. The van der Waals surface area contributed by atoms with Gasteiger partial charge in [0, 0.05) is 23.9 Å². The van der Waals surface area contributed by atoms with Crippen molar-refractivity contribution in [3.05, 3.63) is 65.2 Å². The molecule has 0 aliphatic carbocycles. The molecule has 2 aromatic rings. The van der Waals surface area contributed by atoms with Crippen molar-refractivity contribution in [2.75, 3.05) is 18.4 Å². The number of nitrogens with one attached hydrogen (secondary N) is 1. The molecule has 6 heteroatoms. The van der Waals surface area contributed by atoms with Crippen LogP contribution in [0.5, 0.6) is 0 Å². The van der Waals surface area contributed by atoms with Crippen LogP contribution < -0.4 is 5.32 Å². The summed E-state index contributed by atoms with van der Waals surface area (Å²) in [5, 5.41) is 2.75. The van der Waals surface area contributed by atoms with Gasteiger partial charge in [0.1, 0.15) is 18.2 Å². The number of benzene rings is 2. The molecule has 1 N–H and O–H groups in total. The number of carbonyl (C=O) groups excluding carboxylic acids is 2.